The Morgan fingerprint density at radius 2 is 1.42 bits per heavy atom. The summed E-state index contributed by atoms with van der Waals surface area (Å²) in [5.74, 6) is -0.797. The predicted molar refractivity (Wildman–Crippen MR) is 161 cm³/mol. The van der Waals surface area contributed by atoms with Crippen molar-refractivity contribution in [3.8, 4) is 0 Å². The lowest BCUT2D eigenvalue weighted by Crippen LogP contribution is -2.39. The van der Waals surface area contributed by atoms with Crippen LogP contribution in [0.5, 0.6) is 0 Å². The van der Waals surface area contributed by atoms with Gasteiger partial charge < -0.3 is 18.9 Å². The van der Waals surface area contributed by atoms with Gasteiger partial charge in [-0.1, -0.05) is 105 Å². The first kappa shape index (κ1) is 29.2. The zero-order valence-electron chi connectivity index (χ0n) is 24.7. The van der Waals surface area contributed by atoms with Crippen LogP contribution in [-0.4, -0.2) is 45.5 Å². The molecule has 0 saturated carbocycles. The lowest BCUT2D eigenvalue weighted by Gasteiger charge is -2.37. The van der Waals surface area contributed by atoms with Crippen molar-refractivity contribution in [2.24, 2.45) is 0 Å². The second-order valence-corrected chi connectivity index (χ2v) is 11.7. The largest absolute Gasteiger partial charge is 0.358 e. The maximum Gasteiger partial charge on any atom is 0.351 e. The molecule has 2 N–H and O–H groups in total. The minimum atomic E-state index is -0.951. The number of ether oxygens (including phenoxy) is 4. The highest BCUT2D eigenvalue weighted by molar-refractivity contribution is 5.47. The molecule has 0 amide bonds. The fraction of sp³-hybridized carbons (Fsp3) is 0.353. The quantitative estimate of drug-likeness (QED) is 0.194. The summed E-state index contributed by atoms with van der Waals surface area (Å²) in [4.78, 5) is 17.3. The van der Waals surface area contributed by atoms with E-state index >= 15 is 0 Å². The first-order valence-electron chi connectivity index (χ1n) is 14.6. The van der Waals surface area contributed by atoms with Crippen LogP contribution in [0.4, 0.5) is 5.82 Å². The van der Waals surface area contributed by atoms with E-state index in [2.05, 4.69) is 41.4 Å². The number of anilines is 1. The Hall–Kier alpha value is -3.86. The highest BCUT2D eigenvalue weighted by Crippen LogP contribution is 2.45. The van der Waals surface area contributed by atoms with Crippen LogP contribution in [0.3, 0.4) is 0 Å². The summed E-state index contributed by atoms with van der Waals surface area (Å²) >= 11 is 0. The molecular formula is C34H37N3O6. The Labute approximate surface area is 251 Å². The Kier molecular flexibility index (Phi) is 7.93. The first-order chi connectivity index (χ1) is 20.7. The van der Waals surface area contributed by atoms with Crippen molar-refractivity contribution in [3.05, 3.63) is 130 Å². The molecule has 43 heavy (non-hydrogen) atoms. The van der Waals surface area contributed by atoms with Gasteiger partial charge in [-0.05, 0) is 36.5 Å². The zero-order valence-corrected chi connectivity index (χ0v) is 24.7. The van der Waals surface area contributed by atoms with Gasteiger partial charge in [0.15, 0.2) is 17.8 Å². The molecule has 0 radical (unpaired) electrons. The van der Waals surface area contributed by atoms with Gasteiger partial charge in [0.2, 0.25) is 0 Å². The van der Waals surface area contributed by atoms with E-state index in [0.29, 0.717) is 5.56 Å². The summed E-state index contributed by atoms with van der Waals surface area (Å²) in [6.07, 6.45) is -0.816. The van der Waals surface area contributed by atoms with Crippen molar-refractivity contribution in [3.63, 3.8) is 0 Å². The molecule has 3 heterocycles. The maximum atomic E-state index is 13.2. The van der Waals surface area contributed by atoms with Gasteiger partial charge in [-0.25, -0.2) is 4.79 Å². The average molecular weight is 584 g/mol. The Morgan fingerprint density at radius 1 is 0.907 bits per heavy atom. The number of rotatable bonds is 9. The minimum absolute atomic E-state index is 0.0225. The number of fused-ring (bicyclic) bond motifs is 1. The molecule has 0 spiro atoms. The molecule has 2 saturated heterocycles. The van der Waals surface area contributed by atoms with Gasteiger partial charge in [0, 0.05) is 11.8 Å². The summed E-state index contributed by atoms with van der Waals surface area (Å²) in [5.41, 5.74) is 4.09. The van der Waals surface area contributed by atoms with Crippen LogP contribution in [0, 0.1) is 0 Å². The maximum absolute atomic E-state index is 13.2. The third-order valence-corrected chi connectivity index (χ3v) is 8.11. The number of nitrogens with zero attached hydrogens (tertiary/aromatic N) is 2. The van der Waals surface area contributed by atoms with E-state index < -0.39 is 41.6 Å². The molecule has 1 aromatic heterocycles. The van der Waals surface area contributed by atoms with Crippen LogP contribution in [0.1, 0.15) is 62.1 Å². The van der Waals surface area contributed by atoms with Gasteiger partial charge >= 0.3 is 5.69 Å². The van der Waals surface area contributed by atoms with Gasteiger partial charge in [0.25, 0.3) is 0 Å². The second kappa shape index (κ2) is 11.7. The van der Waals surface area contributed by atoms with E-state index in [9.17, 15) is 10.0 Å². The van der Waals surface area contributed by atoms with Crippen molar-refractivity contribution >= 4 is 5.82 Å². The van der Waals surface area contributed by atoms with Crippen LogP contribution in [0.15, 0.2) is 102 Å². The number of hydrogen-bond acceptors (Lipinski definition) is 8. The Morgan fingerprint density at radius 3 is 1.91 bits per heavy atom. The molecule has 224 valence electrons. The number of nitrogens with one attached hydrogen (secondary N) is 1. The molecule has 2 aliphatic rings. The molecule has 0 aliphatic carbocycles. The molecule has 4 atom stereocenters. The van der Waals surface area contributed by atoms with Gasteiger partial charge in [0.05, 0.1) is 6.61 Å². The fourth-order valence-corrected chi connectivity index (χ4v) is 6.17. The normalized spacial score (nSPS) is 22.9. The molecule has 2 fully saturated rings. The van der Waals surface area contributed by atoms with E-state index in [4.69, 9.17) is 18.9 Å². The summed E-state index contributed by atoms with van der Waals surface area (Å²) in [7, 11) is 0. The zero-order chi connectivity index (χ0) is 30.2. The summed E-state index contributed by atoms with van der Waals surface area (Å²) in [5, 5.41) is 9.58. The van der Waals surface area contributed by atoms with E-state index in [1.165, 1.54) is 4.57 Å². The lowest BCUT2D eigenvalue weighted by atomic mass is 9.80. The van der Waals surface area contributed by atoms with Crippen LogP contribution < -0.4 is 11.2 Å². The summed E-state index contributed by atoms with van der Waals surface area (Å²) in [6.45, 7) is 7.75. The molecule has 3 aromatic carbocycles. The minimum Gasteiger partial charge on any atom is -0.358 e. The van der Waals surface area contributed by atoms with Crippen LogP contribution in [0.2, 0.25) is 0 Å². The van der Waals surface area contributed by atoms with E-state index in [1.807, 2.05) is 87.8 Å². The monoisotopic (exact) mass is 583 g/mol. The number of aromatic nitrogens is 2. The topological polar surface area (TPSA) is 104 Å². The van der Waals surface area contributed by atoms with Crippen molar-refractivity contribution in [2.75, 3.05) is 12.1 Å². The molecule has 0 bridgehead atoms. The molecule has 6 rings (SSSR count). The van der Waals surface area contributed by atoms with E-state index in [-0.39, 0.29) is 18.3 Å². The molecule has 2 aliphatic heterocycles. The first-order valence-corrected chi connectivity index (χ1v) is 14.6. The highest BCUT2D eigenvalue weighted by Gasteiger charge is 2.57. The Balaban J connectivity index is 1.40. The third-order valence-electron chi connectivity index (χ3n) is 8.11. The second-order valence-electron chi connectivity index (χ2n) is 11.7. The number of benzene rings is 3. The van der Waals surface area contributed by atoms with Gasteiger partial charge in [-0.3, -0.25) is 15.3 Å². The van der Waals surface area contributed by atoms with Crippen molar-refractivity contribution in [1.29, 1.82) is 0 Å². The number of hydrogen-bond donors (Lipinski definition) is 2. The smallest absolute Gasteiger partial charge is 0.351 e. The Bertz CT molecular complexity index is 1500. The fourth-order valence-electron chi connectivity index (χ4n) is 6.17. The van der Waals surface area contributed by atoms with Crippen molar-refractivity contribution in [1.82, 2.24) is 9.55 Å². The molecule has 4 aromatic rings. The molecule has 0 unspecified atom stereocenters. The van der Waals surface area contributed by atoms with Crippen LogP contribution in [-0.2, 0) is 24.5 Å². The molecule has 9 heteroatoms. The van der Waals surface area contributed by atoms with Gasteiger partial charge in [0.1, 0.15) is 23.9 Å². The van der Waals surface area contributed by atoms with Crippen molar-refractivity contribution < 1.29 is 24.2 Å². The molecular weight excluding hydrogens is 546 g/mol. The predicted octanol–water partition coefficient (Wildman–Crippen LogP) is 5.59. The molecule has 9 nitrogen and oxygen atoms in total. The van der Waals surface area contributed by atoms with Gasteiger partial charge in [-0.15, -0.1) is 0 Å². The van der Waals surface area contributed by atoms with Gasteiger partial charge in [-0.2, -0.15) is 4.98 Å². The van der Waals surface area contributed by atoms with Crippen LogP contribution >= 0.6 is 0 Å². The highest BCUT2D eigenvalue weighted by atomic mass is 16.8. The van der Waals surface area contributed by atoms with E-state index in [1.54, 1.807) is 6.20 Å². The summed E-state index contributed by atoms with van der Waals surface area (Å²) < 4.78 is 27.7. The van der Waals surface area contributed by atoms with Crippen LogP contribution in [0.25, 0.3) is 0 Å². The van der Waals surface area contributed by atoms with Crippen molar-refractivity contribution in [2.45, 2.75) is 69.5 Å². The average Bonchev–Trinajstić information content (AvgIpc) is 3.51. The third kappa shape index (κ3) is 5.39. The lowest BCUT2D eigenvalue weighted by molar-refractivity contribution is -0.205. The SMILES string of the molecule is CC(C)c1cn([C@@H]2O[C@H](COC(c3ccccc3)(c3ccccc3)c3ccccc3)[C@H]3OC(C)(C)O[C@H]32)c(=O)nc1NO. The van der Waals surface area contributed by atoms with E-state index in [0.717, 1.165) is 16.7 Å². The summed E-state index contributed by atoms with van der Waals surface area (Å²) in [6, 6.07) is 30.4. The standard InChI is InChI=1S/C34H37N3O6/c1-22(2)26-20-37(32(38)35-30(26)36-39)31-29-28(42-33(3,4)43-29)27(41-31)21-40-34(23-14-8-5-9-15-23,24-16-10-6-11-17-24)25-18-12-7-13-19-25/h5-20,22,27-29,31,39H,21H2,1-4H3,(H,35,36,38)/t27-,28-,29-,31-/m1/s1.